The van der Waals surface area contributed by atoms with Crippen LogP contribution in [0.2, 0.25) is 0 Å². The summed E-state index contributed by atoms with van der Waals surface area (Å²) in [6, 6.07) is 19.7. The SMILES string of the molecule is O=C(COc1ccccc1C1SCCS1)NCc1ccc(-c2nc3ccccc3s2)o1. The monoisotopic (exact) mass is 468 g/mol. The number of carbonyl (C=O) groups excluding carboxylic acids is 1. The third-order valence-corrected chi connectivity index (χ3v) is 8.90. The van der Waals surface area contributed by atoms with Crippen LogP contribution in [0.4, 0.5) is 0 Å². The molecule has 0 radical (unpaired) electrons. The van der Waals surface area contributed by atoms with E-state index in [0.29, 0.717) is 22.6 Å². The van der Waals surface area contributed by atoms with Gasteiger partial charge in [-0.2, -0.15) is 0 Å². The van der Waals surface area contributed by atoms with Crippen molar-refractivity contribution in [3.8, 4) is 16.5 Å². The Labute approximate surface area is 192 Å². The molecule has 0 saturated carbocycles. The third kappa shape index (κ3) is 4.76. The lowest BCUT2D eigenvalue weighted by Crippen LogP contribution is -2.28. The number of ether oxygens (including phenoxy) is 1. The van der Waals surface area contributed by atoms with Gasteiger partial charge < -0.3 is 14.5 Å². The number of hydrogen-bond acceptors (Lipinski definition) is 7. The van der Waals surface area contributed by atoms with Gasteiger partial charge in [0, 0.05) is 17.1 Å². The molecule has 1 aliphatic heterocycles. The van der Waals surface area contributed by atoms with E-state index in [1.165, 1.54) is 0 Å². The normalized spacial score (nSPS) is 14.2. The molecular formula is C23H20N2O3S3. The van der Waals surface area contributed by atoms with Gasteiger partial charge in [0.1, 0.15) is 11.5 Å². The average molecular weight is 469 g/mol. The van der Waals surface area contributed by atoms with Crippen molar-refractivity contribution in [2.75, 3.05) is 18.1 Å². The summed E-state index contributed by atoms with van der Waals surface area (Å²) in [4.78, 5) is 16.9. The van der Waals surface area contributed by atoms with Crippen molar-refractivity contribution < 1.29 is 13.9 Å². The highest BCUT2D eigenvalue weighted by atomic mass is 32.2. The molecule has 0 atom stereocenters. The number of aromatic nitrogens is 1. The maximum absolute atomic E-state index is 12.3. The largest absolute Gasteiger partial charge is 0.483 e. The number of nitrogens with one attached hydrogen (secondary N) is 1. The summed E-state index contributed by atoms with van der Waals surface area (Å²) in [5.74, 6) is 4.28. The van der Waals surface area contributed by atoms with Gasteiger partial charge >= 0.3 is 0 Å². The van der Waals surface area contributed by atoms with Crippen LogP contribution in [0.1, 0.15) is 15.9 Å². The predicted molar refractivity (Wildman–Crippen MR) is 129 cm³/mol. The van der Waals surface area contributed by atoms with Gasteiger partial charge in [0.15, 0.2) is 17.4 Å². The maximum Gasteiger partial charge on any atom is 0.258 e. The lowest BCUT2D eigenvalue weighted by molar-refractivity contribution is -0.123. The van der Waals surface area contributed by atoms with Gasteiger partial charge in [0.05, 0.1) is 21.3 Å². The van der Waals surface area contributed by atoms with Crippen LogP contribution < -0.4 is 10.1 Å². The van der Waals surface area contributed by atoms with Crippen LogP contribution in [-0.4, -0.2) is 29.0 Å². The van der Waals surface area contributed by atoms with Gasteiger partial charge in [0.2, 0.25) is 0 Å². The molecule has 31 heavy (non-hydrogen) atoms. The van der Waals surface area contributed by atoms with Gasteiger partial charge in [0.25, 0.3) is 5.91 Å². The molecule has 5 nitrogen and oxygen atoms in total. The fourth-order valence-corrected chi connectivity index (χ4v) is 7.13. The predicted octanol–water partition coefficient (Wildman–Crippen LogP) is 5.73. The zero-order valence-corrected chi connectivity index (χ0v) is 19.0. The second kappa shape index (κ2) is 9.38. The molecule has 8 heteroatoms. The number of furan rings is 1. The van der Waals surface area contributed by atoms with Gasteiger partial charge in [-0.25, -0.2) is 4.98 Å². The first-order valence-electron chi connectivity index (χ1n) is 9.92. The molecular weight excluding hydrogens is 448 g/mol. The number of thiazole rings is 1. The fraction of sp³-hybridized carbons (Fsp3) is 0.217. The van der Waals surface area contributed by atoms with E-state index in [-0.39, 0.29) is 12.5 Å². The average Bonchev–Trinajstić information content (AvgIpc) is 3.56. The minimum absolute atomic E-state index is 0.0233. The van der Waals surface area contributed by atoms with Crippen molar-refractivity contribution in [3.05, 3.63) is 72.0 Å². The van der Waals surface area contributed by atoms with Crippen LogP contribution >= 0.6 is 34.9 Å². The number of carbonyl (C=O) groups is 1. The Morgan fingerprint density at radius 1 is 1.06 bits per heavy atom. The van der Waals surface area contributed by atoms with Crippen LogP contribution in [0.15, 0.2) is 65.1 Å². The van der Waals surface area contributed by atoms with E-state index in [1.807, 2.05) is 78.1 Å². The Morgan fingerprint density at radius 2 is 1.87 bits per heavy atom. The van der Waals surface area contributed by atoms with Crippen molar-refractivity contribution in [1.82, 2.24) is 10.3 Å². The van der Waals surface area contributed by atoms with Crippen LogP contribution in [0.5, 0.6) is 5.75 Å². The second-order valence-electron chi connectivity index (χ2n) is 6.93. The number of amides is 1. The van der Waals surface area contributed by atoms with Gasteiger partial charge in [-0.15, -0.1) is 34.9 Å². The second-order valence-corrected chi connectivity index (χ2v) is 10.7. The molecule has 0 bridgehead atoms. The molecule has 2 aromatic carbocycles. The zero-order valence-electron chi connectivity index (χ0n) is 16.6. The summed E-state index contributed by atoms with van der Waals surface area (Å²) in [6.45, 7) is 0.285. The van der Waals surface area contributed by atoms with E-state index >= 15 is 0 Å². The minimum Gasteiger partial charge on any atom is -0.483 e. The Kier molecular flexibility index (Phi) is 6.20. The van der Waals surface area contributed by atoms with Crippen molar-refractivity contribution >= 4 is 51.0 Å². The number of hydrogen-bond donors (Lipinski definition) is 1. The Bertz CT molecular complexity index is 1160. The quantitative estimate of drug-likeness (QED) is 0.374. The number of rotatable bonds is 7. The molecule has 1 N–H and O–H groups in total. The molecule has 158 valence electrons. The molecule has 5 rings (SSSR count). The van der Waals surface area contributed by atoms with Crippen molar-refractivity contribution in [2.45, 2.75) is 11.1 Å². The number of fused-ring (bicyclic) bond motifs is 1. The molecule has 0 spiro atoms. The third-order valence-electron chi connectivity index (χ3n) is 4.78. The molecule has 1 saturated heterocycles. The molecule has 1 aliphatic rings. The first-order valence-corrected chi connectivity index (χ1v) is 12.8. The summed E-state index contributed by atoms with van der Waals surface area (Å²) in [5.41, 5.74) is 2.11. The highest BCUT2D eigenvalue weighted by molar-refractivity contribution is 8.19. The fourth-order valence-electron chi connectivity index (χ4n) is 3.29. The number of para-hydroxylation sites is 2. The Balaban J connectivity index is 1.16. The van der Waals surface area contributed by atoms with Crippen LogP contribution in [0, 0.1) is 0 Å². The van der Waals surface area contributed by atoms with E-state index in [1.54, 1.807) is 11.3 Å². The molecule has 4 aromatic rings. The standard InChI is InChI=1S/C23H20N2O3S3/c26-21(14-27-18-7-3-1-5-16(18)23-29-11-12-30-23)24-13-15-9-10-19(28-15)22-25-17-6-2-4-8-20(17)31-22/h1-10,23H,11-14H2,(H,24,26). The lowest BCUT2D eigenvalue weighted by Gasteiger charge is -2.14. The Hall–Kier alpha value is -2.42. The van der Waals surface area contributed by atoms with Gasteiger partial charge in [-0.05, 0) is 30.3 Å². The highest BCUT2D eigenvalue weighted by Gasteiger charge is 2.22. The molecule has 1 amide bonds. The summed E-state index contributed by atoms with van der Waals surface area (Å²) in [5, 5.41) is 3.70. The van der Waals surface area contributed by atoms with Crippen LogP contribution in [0.3, 0.4) is 0 Å². The van der Waals surface area contributed by atoms with E-state index in [9.17, 15) is 4.79 Å². The summed E-state index contributed by atoms with van der Waals surface area (Å²) in [7, 11) is 0. The van der Waals surface area contributed by atoms with E-state index in [0.717, 1.165) is 38.0 Å². The first kappa shape index (κ1) is 20.5. The van der Waals surface area contributed by atoms with Crippen molar-refractivity contribution in [1.29, 1.82) is 0 Å². The number of nitrogens with zero attached hydrogens (tertiary/aromatic N) is 1. The van der Waals surface area contributed by atoms with Crippen LogP contribution in [-0.2, 0) is 11.3 Å². The van der Waals surface area contributed by atoms with Gasteiger partial charge in [-0.3, -0.25) is 4.79 Å². The minimum atomic E-state index is -0.181. The molecule has 2 aromatic heterocycles. The lowest BCUT2D eigenvalue weighted by atomic mass is 10.2. The number of thioether (sulfide) groups is 2. The van der Waals surface area contributed by atoms with E-state index in [2.05, 4.69) is 16.4 Å². The Morgan fingerprint density at radius 3 is 2.74 bits per heavy atom. The highest BCUT2D eigenvalue weighted by Crippen LogP contribution is 2.48. The molecule has 1 fully saturated rings. The summed E-state index contributed by atoms with van der Waals surface area (Å²) in [6.07, 6.45) is 0. The topological polar surface area (TPSA) is 64.4 Å². The smallest absolute Gasteiger partial charge is 0.258 e. The summed E-state index contributed by atoms with van der Waals surface area (Å²) >= 11 is 5.43. The summed E-state index contributed by atoms with van der Waals surface area (Å²) < 4.78 is 13.2. The van der Waals surface area contributed by atoms with Crippen molar-refractivity contribution in [3.63, 3.8) is 0 Å². The van der Waals surface area contributed by atoms with Gasteiger partial charge in [-0.1, -0.05) is 30.3 Å². The van der Waals surface area contributed by atoms with E-state index in [4.69, 9.17) is 9.15 Å². The molecule has 0 unspecified atom stereocenters. The van der Waals surface area contributed by atoms with Crippen molar-refractivity contribution in [2.24, 2.45) is 0 Å². The maximum atomic E-state index is 12.3. The molecule has 0 aliphatic carbocycles. The molecule has 3 heterocycles. The van der Waals surface area contributed by atoms with Crippen LogP contribution in [0.25, 0.3) is 21.0 Å². The zero-order chi connectivity index (χ0) is 21.0. The van der Waals surface area contributed by atoms with E-state index < -0.39 is 0 Å². The number of benzene rings is 2. The first-order chi connectivity index (χ1) is 15.3.